The summed E-state index contributed by atoms with van der Waals surface area (Å²) in [5.74, 6) is 0.214. The van der Waals surface area contributed by atoms with Crippen LogP contribution in [0.5, 0.6) is 0 Å². The van der Waals surface area contributed by atoms with E-state index in [1.165, 1.54) is 11.8 Å². The SMILES string of the molecule is CCOC(=O)N1CCN(C(=O)CSc2nnc3ccc(-c4ccc(-c5ccccc5)cc4)nn23)CC1. The van der Waals surface area contributed by atoms with Crippen LogP contribution in [0.4, 0.5) is 4.79 Å². The van der Waals surface area contributed by atoms with E-state index in [0.717, 1.165) is 22.4 Å². The molecule has 2 aromatic carbocycles. The molecular formula is C26H26N6O3S. The van der Waals surface area contributed by atoms with Gasteiger partial charge in [-0.2, -0.15) is 9.61 Å². The number of ether oxygens (including phenoxy) is 1. The Bertz CT molecular complexity index is 1350. The van der Waals surface area contributed by atoms with Crippen LogP contribution in [0.2, 0.25) is 0 Å². The van der Waals surface area contributed by atoms with Crippen molar-refractivity contribution in [2.75, 3.05) is 38.5 Å². The van der Waals surface area contributed by atoms with E-state index < -0.39 is 0 Å². The van der Waals surface area contributed by atoms with Crippen molar-refractivity contribution in [1.82, 2.24) is 29.6 Å². The molecule has 0 saturated carbocycles. The molecule has 0 atom stereocenters. The Hall–Kier alpha value is -3.92. The van der Waals surface area contributed by atoms with E-state index in [2.05, 4.69) is 34.5 Å². The lowest BCUT2D eigenvalue weighted by Gasteiger charge is -2.33. The quantitative estimate of drug-likeness (QED) is 0.370. The van der Waals surface area contributed by atoms with Gasteiger partial charge in [0.05, 0.1) is 18.1 Å². The first-order valence-corrected chi connectivity index (χ1v) is 12.8. The molecule has 0 spiro atoms. The third-order valence-corrected chi connectivity index (χ3v) is 6.91. The maximum atomic E-state index is 12.8. The van der Waals surface area contributed by atoms with E-state index in [4.69, 9.17) is 9.84 Å². The Morgan fingerprint density at radius 3 is 2.22 bits per heavy atom. The van der Waals surface area contributed by atoms with Crippen LogP contribution in [-0.2, 0) is 9.53 Å². The van der Waals surface area contributed by atoms with Gasteiger partial charge in [0.2, 0.25) is 11.1 Å². The largest absolute Gasteiger partial charge is 0.450 e. The number of rotatable bonds is 6. The maximum absolute atomic E-state index is 12.8. The third kappa shape index (κ3) is 5.18. The van der Waals surface area contributed by atoms with E-state index in [0.29, 0.717) is 43.6 Å². The predicted molar refractivity (Wildman–Crippen MR) is 138 cm³/mol. The van der Waals surface area contributed by atoms with E-state index in [1.54, 1.807) is 21.2 Å². The van der Waals surface area contributed by atoms with Crippen LogP contribution in [0.25, 0.3) is 28.0 Å². The molecule has 2 amide bonds. The molecule has 36 heavy (non-hydrogen) atoms. The number of nitrogens with zero attached hydrogens (tertiary/aromatic N) is 6. The Labute approximate surface area is 213 Å². The molecule has 2 aromatic heterocycles. The van der Waals surface area contributed by atoms with Gasteiger partial charge in [0, 0.05) is 31.7 Å². The van der Waals surface area contributed by atoms with Gasteiger partial charge in [0.1, 0.15) is 0 Å². The number of amides is 2. The number of thioether (sulfide) groups is 1. The lowest BCUT2D eigenvalue weighted by molar-refractivity contribution is -0.129. The summed E-state index contributed by atoms with van der Waals surface area (Å²) in [6, 6.07) is 22.3. The summed E-state index contributed by atoms with van der Waals surface area (Å²) in [6.07, 6.45) is -0.328. The van der Waals surface area contributed by atoms with Crippen molar-refractivity contribution in [2.45, 2.75) is 12.1 Å². The number of carbonyl (C=O) groups is 2. The zero-order valence-electron chi connectivity index (χ0n) is 19.9. The Balaban J connectivity index is 1.24. The summed E-state index contributed by atoms with van der Waals surface area (Å²) in [5, 5.41) is 13.7. The lowest BCUT2D eigenvalue weighted by atomic mass is 10.0. The van der Waals surface area contributed by atoms with Gasteiger partial charge in [0.25, 0.3) is 0 Å². The summed E-state index contributed by atoms with van der Waals surface area (Å²) >= 11 is 1.31. The van der Waals surface area contributed by atoms with Gasteiger partial charge in [-0.15, -0.1) is 10.2 Å². The smallest absolute Gasteiger partial charge is 0.409 e. The fraction of sp³-hybridized carbons (Fsp3) is 0.269. The molecule has 1 aliphatic heterocycles. The van der Waals surface area contributed by atoms with E-state index >= 15 is 0 Å². The molecule has 0 unspecified atom stereocenters. The zero-order valence-corrected chi connectivity index (χ0v) is 20.7. The zero-order chi connectivity index (χ0) is 24.9. The molecule has 184 valence electrons. The van der Waals surface area contributed by atoms with Crippen LogP contribution in [0, 0.1) is 0 Å². The summed E-state index contributed by atoms with van der Waals surface area (Å²) in [7, 11) is 0. The fourth-order valence-electron chi connectivity index (χ4n) is 4.05. The molecule has 5 rings (SSSR count). The van der Waals surface area contributed by atoms with Crippen LogP contribution in [-0.4, -0.2) is 80.2 Å². The van der Waals surface area contributed by atoms with Gasteiger partial charge in [0.15, 0.2) is 5.65 Å². The van der Waals surface area contributed by atoms with Crippen molar-refractivity contribution in [1.29, 1.82) is 0 Å². The molecule has 3 heterocycles. The number of carbonyl (C=O) groups excluding carboxylic acids is 2. The van der Waals surface area contributed by atoms with Crippen molar-refractivity contribution in [3.05, 3.63) is 66.7 Å². The highest BCUT2D eigenvalue weighted by Gasteiger charge is 2.25. The molecule has 10 heteroatoms. The van der Waals surface area contributed by atoms with Crippen LogP contribution in [0.3, 0.4) is 0 Å². The molecule has 1 aliphatic rings. The Morgan fingerprint density at radius 2 is 1.50 bits per heavy atom. The highest BCUT2D eigenvalue weighted by atomic mass is 32.2. The molecule has 0 N–H and O–H groups in total. The van der Waals surface area contributed by atoms with Crippen molar-refractivity contribution in [3.63, 3.8) is 0 Å². The minimum absolute atomic E-state index is 0.00656. The van der Waals surface area contributed by atoms with Gasteiger partial charge in [-0.1, -0.05) is 66.4 Å². The second kappa shape index (κ2) is 10.8. The van der Waals surface area contributed by atoms with Gasteiger partial charge < -0.3 is 14.5 Å². The standard InChI is InChI=1S/C26H26N6O3S/c1-2-35-26(34)31-16-14-30(15-17-31)24(33)18-36-25-28-27-23-13-12-22(29-32(23)25)21-10-8-20(9-11-21)19-6-4-3-5-7-19/h3-13H,2,14-18H2,1H3. The Morgan fingerprint density at radius 1 is 0.833 bits per heavy atom. The summed E-state index contributed by atoms with van der Waals surface area (Å²) in [6.45, 7) is 4.03. The van der Waals surface area contributed by atoms with Crippen LogP contribution in [0.15, 0.2) is 71.9 Å². The van der Waals surface area contributed by atoms with Gasteiger partial charge in [-0.05, 0) is 30.2 Å². The summed E-state index contributed by atoms with van der Waals surface area (Å²) in [5.41, 5.74) is 4.71. The first-order valence-electron chi connectivity index (χ1n) is 11.8. The number of piperazine rings is 1. The topological polar surface area (TPSA) is 92.9 Å². The molecular weight excluding hydrogens is 476 g/mol. The number of hydrogen-bond donors (Lipinski definition) is 0. The molecule has 0 aliphatic carbocycles. The van der Waals surface area contributed by atoms with Crippen molar-refractivity contribution in [2.24, 2.45) is 0 Å². The van der Waals surface area contributed by atoms with Crippen LogP contribution >= 0.6 is 11.8 Å². The monoisotopic (exact) mass is 502 g/mol. The molecule has 1 fully saturated rings. The normalized spacial score (nSPS) is 13.7. The van der Waals surface area contributed by atoms with Gasteiger partial charge in [-0.3, -0.25) is 4.79 Å². The first kappa shape index (κ1) is 23.8. The van der Waals surface area contributed by atoms with E-state index in [-0.39, 0.29) is 17.8 Å². The van der Waals surface area contributed by atoms with Gasteiger partial charge in [-0.25, -0.2) is 4.79 Å². The Kier molecular flexibility index (Phi) is 7.13. The second-order valence-electron chi connectivity index (χ2n) is 8.27. The average molecular weight is 503 g/mol. The molecule has 0 radical (unpaired) electrons. The number of benzene rings is 2. The highest BCUT2D eigenvalue weighted by Crippen LogP contribution is 2.25. The number of aromatic nitrogens is 4. The molecule has 4 aromatic rings. The molecule has 0 bridgehead atoms. The molecule has 1 saturated heterocycles. The van der Waals surface area contributed by atoms with Crippen LogP contribution < -0.4 is 0 Å². The van der Waals surface area contributed by atoms with Crippen LogP contribution in [0.1, 0.15) is 6.92 Å². The second-order valence-corrected chi connectivity index (χ2v) is 9.21. The van der Waals surface area contributed by atoms with Crippen molar-refractivity contribution < 1.29 is 14.3 Å². The highest BCUT2D eigenvalue weighted by molar-refractivity contribution is 7.99. The summed E-state index contributed by atoms with van der Waals surface area (Å²) in [4.78, 5) is 28.0. The number of hydrogen-bond acceptors (Lipinski definition) is 7. The van der Waals surface area contributed by atoms with Crippen molar-refractivity contribution >= 4 is 29.4 Å². The van der Waals surface area contributed by atoms with E-state index in [1.807, 2.05) is 42.5 Å². The minimum atomic E-state index is -0.328. The maximum Gasteiger partial charge on any atom is 0.409 e. The minimum Gasteiger partial charge on any atom is -0.450 e. The summed E-state index contributed by atoms with van der Waals surface area (Å²) < 4.78 is 6.71. The number of fused-ring (bicyclic) bond motifs is 1. The first-order chi connectivity index (χ1) is 17.6. The predicted octanol–water partition coefficient (Wildman–Crippen LogP) is 3.85. The van der Waals surface area contributed by atoms with E-state index in [9.17, 15) is 9.59 Å². The fourth-order valence-corrected chi connectivity index (χ4v) is 4.84. The lowest BCUT2D eigenvalue weighted by Crippen LogP contribution is -2.51. The van der Waals surface area contributed by atoms with Crippen molar-refractivity contribution in [3.8, 4) is 22.4 Å². The molecule has 9 nitrogen and oxygen atoms in total. The van der Waals surface area contributed by atoms with Gasteiger partial charge >= 0.3 is 6.09 Å². The average Bonchev–Trinajstić information content (AvgIpc) is 3.35. The third-order valence-electron chi connectivity index (χ3n) is 6.01.